The number of hydrogen-bond donors (Lipinski definition) is 0. The van der Waals surface area contributed by atoms with Crippen molar-refractivity contribution in [2.75, 3.05) is 4.90 Å². The fourth-order valence-electron chi connectivity index (χ4n) is 3.78. The van der Waals surface area contributed by atoms with Gasteiger partial charge in [0.05, 0.1) is 22.4 Å². The van der Waals surface area contributed by atoms with Crippen LogP contribution in [0.3, 0.4) is 0 Å². The Morgan fingerprint density at radius 2 is 1.69 bits per heavy atom. The first-order chi connectivity index (χ1) is 16.8. The fourth-order valence-corrected chi connectivity index (χ4v) is 3.90. The topological polar surface area (TPSA) is 103 Å². The summed E-state index contributed by atoms with van der Waals surface area (Å²) in [5, 5.41) is 8.41. The summed E-state index contributed by atoms with van der Waals surface area (Å²) in [6.45, 7) is 3.46. The molecule has 1 aromatic heterocycles. The van der Waals surface area contributed by atoms with Crippen molar-refractivity contribution in [3.05, 3.63) is 99.4 Å². The van der Waals surface area contributed by atoms with Crippen LogP contribution in [-0.2, 0) is 11.3 Å². The number of hydrogen-bond acceptors (Lipinski definition) is 7. The Morgan fingerprint density at radius 3 is 2.46 bits per heavy atom. The minimum absolute atomic E-state index is 0.108. The molecule has 0 radical (unpaired) electrons. The van der Waals surface area contributed by atoms with E-state index in [0.717, 1.165) is 16.0 Å². The van der Waals surface area contributed by atoms with Gasteiger partial charge < -0.3 is 9.15 Å². The molecule has 174 valence electrons. The third-order valence-electron chi connectivity index (χ3n) is 5.61. The number of amides is 2. The van der Waals surface area contributed by atoms with Crippen molar-refractivity contribution in [2.24, 2.45) is 0 Å². The molecule has 1 aliphatic rings. The second kappa shape index (κ2) is 8.81. The van der Waals surface area contributed by atoms with Gasteiger partial charge in [-0.2, -0.15) is 0 Å². The standard InChI is InChI=1S/C26H18ClN3O5/c1-14-3-4-15(2)21(11-14)30-24(31)19-10-7-17(12-20(19)25(30)32)26(33)34-13-22-28-29-23(35-22)16-5-8-18(27)9-6-16/h3-12H,13H2,1-2H3. The van der Waals surface area contributed by atoms with Gasteiger partial charge in [-0.1, -0.05) is 23.7 Å². The highest BCUT2D eigenvalue weighted by atomic mass is 35.5. The molecule has 0 saturated carbocycles. The van der Waals surface area contributed by atoms with Crippen molar-refractivity contribution < 1.29 is 23.5 Å². The van der Waals surface area contributed by atoms with E-state index in [9.17, 15) is 14.4 Å². The van der Waals surface area contributed by atoms with Crippen molar-refractivity contribution in [3.8, 4) is 11.5 Å². The Balaban J connectivity index is 1.32. The van der Waals surface area contributed by atoms with E-state index in [4.69, 9.17) is 20.8 Å². The van der Waals surface area contributed by atoms with Crippen LogP contribution in [0.1, 0.15) is 48.1 Å². The number of esters is 1. The van der Waals surface area contributed by atoms with Crippen LogP contribution in [0.25, 0.3) is 11.5 Å². The van der Waals surface area contributed by atoms with E-state index in [0.29, 0.717) is 16.3 Å². The number of halogens is 1. The van der Waals surface area contributed by atoms with E-state index < -0.39 is 17.8 Å². The molecule has 5 rings (SSSR count). The molecule has 0 saturated heterocycles. The van der Waals surface area contributed by atoms with Crippen molar-refractivity contribution in [1.29, 1.82) is 0 Å². The zero-order valence-electron chi connectivity index (χ0n) is 18.7. The van der Waals surface area contributed by atoms with Crippen LogP contribution >= 0.6 is 11.6 Å². The molecule has 0 atom stereocenters. The number of aryl methyl sites for hydroxylation is 2. The lowest BCUT2D eigenvalue weighted by Crippen LogP contribution is -2.30. The molecule has 4 aromatic rings. The Morgan fingerprint density at radius 1 is 0.943 bits per heavy atom. The molecule has 9 heteroatoms. The van der Waals surface area contributed by atoms with Crippen molar-refractivity contribution in [2.45, 2.75) is 20.5 Å². The van der Waals surface area contributed by atoms with E-state index in [-0.39, 0.29) is 35.1 Å². The average molecular weight is 488 g/mol. The number of anilines is 1. The van der Waals surface area contributed by atoms with E-state index in [1.807, 2.05) is 26.0 Å². The van der Waals surface area contributed by atoms with Crippen LogP contribution in [0.2, 0.25) is 5.02 Å². The second-order valence-corrected chi connectivity index (χ2v) is 8.52. The SMILES string of the molecule is Cc1ccc(C)c(N2C(=O)c3ccc(C(=O)OCc4nnc(-c5ccc(Cl)cc5)o4)cc3C2=O)c1. The van der Waals surface area contributed by atoms with Gasteiger partial charge in [0.25, 0.3) is 17.7 Å². The van der Waals surface area contributed by atoms with Crippen LogP contribution in [0.5, 0.6) is 0 Å². The quantitative estimate of drug-likeness (QED) is 0.283. The Hall–Kier alpha value is -4.30. The molecule has 0 unspecified atom stereocenters. The lowest BCUT2D eigenvalue weighted by molar-refractivity contribution is 0.0438. The molecular formula is C26H18ClN3O5. The predicted molar refractivity (Wildman–Crippen MR) is 127 cm³/mol. The normalized spacial score (nSPS) is 12.7. The third kappa shape index (κ3) is 4.20. The maximum Gasteiger partial charge on any atom is 0.338 e. The summed E-state index contributed by atoms with van der Waals surface area (Å²) in [4.78, 5) is 39.8. The number of ether oxygens (including phenoxy) is 1. The number of imide groups is 1. The molecule has 8 nitrogen and oxygen atoms in total. The largest absolute Gasteiger partial charge is 0.452 e. The molecular weight excluding hydrogens is 470 g/mol. The second-order valence-electron chi connectivity index (χ2n) is 8.08. The Kier molecular flexibility index (Phi) is 5.66. The van der Waals surface area contributed by atoms with Gasteiger partial charge >= 0.3 is 5.97 Å². The van der Waals surface area contributed by atoms with Gasteiger partial charge in [-0.05, 0) is 73.5 Å². The van der Waals surface area contributed by atoms with Gasteiger partial charge in [0.15, 0.2) is 6.61 Å². The molecule has 0 spiro atoms. The van der Waals surface area contributed by atoms with E-state index in [2.05, 4.69) is 10.2 Å². The van der Waals surface area contributed by atoms with E-state index >= 15 is 0 Å². The minimum Gasteiger partial charge on any atom is -0.452 e. The molecule has 0 fully saturated rings. The Bertz CT molecular complexity index is 1490. The van der Waals surface area contributed by atoms with Gasteiger partial charge in [0.2, 0.25) is 5.89 Å². The number of nitrogens with zero attached hydrogens (tertiary/aromatic N) is 3. The smallest absolute Gasteiger partial charge is 0.338 e. The van der Waals surface area contributed by atoms with Crippen LogP contribution < -0.4 is 4.90 Å². The molecule has 0 aliphatic carbocycles. The third-order valence-corrected chi connectivity index (χ3v) is 5.86. The molecule has 3 aromatic carbocycles. The Labute approximate surface area is 205 Å². The first-order valence-electron chi connectivity index (χ1n) is 10.7. The minimum atomic E-state index is -0.690. The summed E-state index contributed by atoms with van der Waals surface area (Å²) in [7, 11) is 0. The van der Waals surface area contributed by atoms with Crippen molar-refractivity contribution >= 4 is 35.1 Å². The molecule has 1 aliphatic heterocycles. The van der Waals surface area contributed by atoms with E-state index in [1.165, 1.54) is 18.2 Å². The van der Waals surface area contributed by atoms with Gasteiger partial charge in [0, 0.05) is 10.6 Å². The number of fused-ring (bicyclic) bond motifs is 1. The molecule has 35 heavy (non-hydrogen) atoms. The highest BCUT2D eigenvalue weighted by molar-refractivity contribution is 6.35. The number of benzene rings is 3. The predicted octanol–water partition coefficient (Wildman–Crippen LogP) is 5.16. The molecule has 2 amide bonds. The molecule has 2 heterocycles. The first kappa shape index (κ1) is 22.5. The monoisotopic (exact) mass is 487 g/mol. The van der Waals surface area contributed by atoms with E-state index in [1.54, 1.807) is 30.3 Å². The van der Waals surface area contributed by atoms with Gasteiger partial charge in [-0.15, -0.1) is 10.2 Å². The number of carbonyl (C=O) groups excluding carboxylic acids is 3. The number of aromatic nitrogens is 2. The van der Waals surface area contributed by atoms with Crippen molar-refractivity contribution in [3.63, 3.8) is 0 Å². The maximum atomic E-state index is 13.1. The zero-order chi connectivity index (χ0) is 24.7. The average Bonchev–Trinajstić information content (AvgIpc) is 3.42. The number of rotatable bonds is 5. The first-order valence-corrected chi connectivity index (χ1v) is 11.0. The summed E-state index contributed by atoms with van der Waals surface area (Å²) >= 11 is 5.89. The summed E-state index contributed by atoms with van der Waals surface area (Å²) in [6.07, 6.45) is 0. The van der Waals surface area contributed by atoms with Crippen LogP contribution in [-0.4, -0.2) is 28.0 Å². The van der Waals surface area contributed by atoms with Crippen LogP contribution in [0.15, 0.2) is 65.1 Å². The van der Waals surface area contributed by atoms with Gasteiger partial charge in [-0.3, -0.25) is 9.59 Å². The molecule has 0 bridgehead atoms. The lowest BCUT2D eigenvalue weighted by Gasteiger charge is -2.17. The summed E-state index contributed by atoms with van der Waals surface area (Å²) in [5.74, 6) is -1.24. The maximum absolute atomic E-state index is 13.1. The zero-order valence-corrected chi connectivity index (χ0v) is 19.5. The summed E-state index contributed by atoms with van der Waals surface area (Å²) in [6, 6.07) is 16.7. The van der Waals surface area contributed by atoms with Gasteiger partial charge in [-0.25, -0.2) is 9.69 Å². The summed E-state index contributed by atoms with van der Waals surface area (Å²) < 4.78 is 10.8. The van der Waals surface area contributed by atoms with Crippen LogP contribution in [0.4, 0.5) is 5.69 Å². The van der Waals surface area contributed by atoms with Crippen LogP contribution in [0, 0.1) is 13.8 Å². The van der Waals surface area contributed by atoms with Gasteiger partial charge in [0.1, 0.15) is 0 Å². The fraction of sp³-hybridized carbons (Fsp3) is 0.115. The number of carbonyl (C=O) groups is 3. The highest BCUT2D eigenvalue weighted by Gasteiger charge is 2.38. The highest BCUT2D eigenvalue weighted by Crippen LogP contribution is 2.32. The molecule has 0 N–H and O–H groups in total. The lowest BCUT2D eigenvalue weighted by atomic mass is 10.1. The van der Waals surface area contributed by atoms with Crippen molar-refractivity contribution in [1.82, 2.24) is 10.2 Å². The summed E-state index contributed by atoms with van der Waals surface area (Å²) in [5.41, 5.74) is 3.42.